The monoisotopic (exact) mass is 230 g/mol. The van der Waals surface area contributed by atoms with Gasteiger partial charge in [0.05, 0.1) is 38.0 Å². The number of amides is 1. The van der Waals surface area contributed by atoms with Crippen LogP contribution in [0.15, 0.2) is 0 Å². The fourth-order valence-corrected chi connectivity index (χ4v) is 2.20. The van der Waals surface area contributed by atoms with Crippen LogP contribution in [0.3, 0.4) is 0 Å². The van der Waals surface area contributed by atoms with Gasteiger partial charge >= 0.3 is 0 Å². The molecule has 1 amide bonds. The van der Waals surface area contributed by atoms with E-state index in [0.717, 1.165) is 0 Å². The smallest absolute Gasteiger partial charge is 0.240 e. The van der Waals surface area contributed by atoms with Crippen LogP contribution < -0.4 is 5.32 Å². The van der Waals surface area contributed by atoms with Crippen LogP contribution in [-0.4, -0.2) is 72.1 Å². The van der Waals surface area contributed by atoms with Gasteiger partial charge in [0.1, 0.15) is 0 Å². The minimum Gasteiger partial charge on any atom is -0.394 e. The minimum absolute atomic E-state index is 0.0427. The van der Waals surface area contributed by atoms with Crippen LogP contribution in [0.5, 0.6) is 0 Å². The van der Waals surface area contributed by atoms with Gasteiger partial charge in [-0.2, -0.15) is 0 Å². The summed E-state index contributed by atoms with van der Waals surface area (Å²) in [6, 6.07) is -0.567. The molecule has 3 unspecified atom stereocenters. The molecule has 2 aliphatic heterocycles. The first kappa shape index (κ1) is 11.8. The third-order valence-electron chi connectivity index (χ3n) is 3.13. The van der Waals surface area contributed by atoms with Crippen LogP contribution in [0.25, 0.3) is 0 Å². The second-order valence-electron chi connectivity index (χ2n) is 4.29. The maximum absolute atomic E-state index is 12.1. The Morgan fingerprint density at radius 3 is 3.00 bits per heavy atom. The molecule has 0 aromatic heterocycles. The third-order valence-corrected chi connectivity index (χ3v) is 3.13. The van der Waals surface area contributed by atoms with Crippen LogP contribution in [0.2, 0.25) is 0 Å². The Bertz CT molecular complexity index is 261. The van der Waals surface area contributed by atoms with Crippen LogP contribution in [-0.2, 0) is 9.53 Å². The molecule has 2 heterocycles. The van der Waals surface area contributed by atoms with E-state index in [1.165, 1.54) is 0 Å². The van der Waals surface area contributed by atoms with E-state index in [9.17, 15) is 9.90 Å². The SMILES string of the molecule is O=C(C1CC(O)CN1)N1CCOCC1CO. The molecule has 6 nitrogen and oxygen atoms in total. The summed E-state index contributed by atoms with van der Waals surface area (Å²) in [5.74, 6) is -0.0427. The van der Waals surface area contributed by atoms with Gasteiger partial charge in [-0.05, 0) is 6.42 Å². The molecule has 0 aromatic rings. The Hall–Kier alpha value is -0.690. The fourth-order valence-electron chi connectivity index (χ4n) is 2.20. The third kappa shape index (κ3) is 2.35. The Labute approximate surface area is 94.2 Å². The molecule has 2 aliphatic rings. The molecule has 0 saturated carbocycles. The molecular weight excluding hydrogens is 212 g/mol. The van der Waals surface area contributed by atoms with Crippen molar-refractivity contribution in [3.8, 4) is 0 Å². The topological polar surface area (TPSA) is 82.0 Å². The average molecular weight is 230 g/mol. The number of morpholine rings is 1. The van der Waals surface area contributed by atoms with Crippen molar-refractivity contribution < 1.29 is 19.7 Å². The molecule has 0 aliphatic carbocycles. The summed E-state index contributed by atoms with van der Waals surface area (Å²) in [6.45, 7) is 1.79. The van der Waals surface area contributed by atoms with E-state index in [-0.39, 0.29) is 24.6 Å². The first-order valence-corrected chi connectivity index (χ1v) is 5.63. The van der Waals surface area contributed by atoms with Gasteiger partial charge in [-0.15, -0.1) is 0 Å². The van der Waals surface area contributed by atoms with Crippen molar-refractivity contribution in [2.24, 2.45) is 0 Å². The van der Waals surface area contributed by atoms with Crippen molar-refractivity contribution >= 4 is 5.91 Å². The number of β-amino-alcohol motifs (C(OH)–C–C–N with tert-alkyl or cyclic N) is 1. The number of rotatable bonds is 2. The van der Waals surface area contributed by atoms with Crippen LogP contribution in [0, 0.1) is 0 Å². The highest BCUT2D eigenvalue weighted by atomic mass is 16.5. The van der Waals surface area contributed by atoms with Gasteiger partial charge in [0.25, 0.3) is 0 Å². The zero-order chi connectivity index (χ0) is 11.5. The van der Waals surface area contributed by atoms with Crippen molar-refractivity contribution in [2.75, 3.05) is 32.9 Å². The molecule has 2 rings (SSSR count). The van der Waals surface area contributed by atoms with Gasteiger partial charge in [0.15, 0.2) is 0 Å². The summed E-state index contributed by atoms with van der Waals surface area (Å²) in [6.07, 6.45) is 0.0106. The second kappa shape index (κ2) is 5.09. The molecule has 0 aromatic carbocycles. The Morgan fingerprint density at radius 1 is 1.56 bits per heavy atom. The van der Waals surface area contributed by atoms with E-state index in [2.05, 4.69) is 5.32 Å². The standard InChI is InChI=1S/C10H18N2O4/c13-5-7-6-16-2-1-12(7)10(15)9-3-8(14)4-11-9/h7-9,11,13-14H,1-6H2. The van der Waals surface area contributed by atoms with Crippen LogP contribution in [0.1, 0.15) is 6.42 Å². The minimum atomic E-state index is -0.442. The van der Waals surface area contributed by atoms with Crippen molar-refractivity contribution in [1.29, 1.82) is 0 Å². The van der Waals surface area contributed by atoms with E-state index >= 15 is 0 Å². The van der Waals surface area contributed by atoms with E-state index < -0.39 is 6.10 Å². The number of aliphatic hydroxyl groups excluding tert-OH is 2. The summed E-state index contributed by atoms with van der Waals surface area (Å²) in [4.78, 5) is 13.8. The number of aliphatic hydroxyl groups is 2. The highest BCUT2D eigenvalue weighted by Gasteiger charge is 2.35. The number of carbonyl (C=O) groups is 1. The molecule has 92 valence electrons. The quantitative estimate of drug-likeness (QED) is 0.507. The molecule has 0 spiro atoms. The van der Waals surface area contributed by atoms with Crippen molar-refractivity contribution in [1.82, 2.24) is 10.2 Å². The maximum Gasteiger partial charge on any atom is 0.240 e. The summed E-state index contributed by atoms with van der Waals surface area (Å²) in [5, 5.41) is 21.5. The van der Waals surface area contributed by atoms with E-state index in [1.54, 1.807) is 4.90 Å². The highest BCUT2D eigenvalue weighted by Crippen LogP contribution is 2.14. The van der Waals surface area contributed by atoms with E-state index in [0.29, 0.717) is 32.7 Å². The lowest BCUT2D eigenvalue weighted by Crippen LogP contribution is -2.55. The number of hydrogen-bond donors (Lipinski definition) is 3. The average Bonchev–Trinajstić information content (AvgIpc) is 2.75. The number of hydrogen-bond acceptors (Lipinski definition) is 5. The zero-order valence-corrected chi connectivity index (χ0v) is 9.13. The first-order valence-electron chi connectivity index (χ1n) is 5.63. The molecule has 3 N–H and O–H groups in total. The van der Waals surface area contributed by atoms with Crippen LogP contribution >= 0.6 is 0 Å². The van der Waals surface area contributed by atoms with Gasteiger partial charge in [0, 0.05) is 13.1 Å². The highest BCUT2D eigenvalue weighted by molar-refractivity contribution is 5.82. The molecule has 0 bridgehead atoms. The Balaban J connectivity index is 1.96. The predicted molar refractivity (Wildman–Crippen MR) is 55.8 cm³/mol. The maximum atomic E-state index is 12.1. The fraction of sp³-hybridized carbons (Fsp3) is 0.900. The molecule has 16 heavy (non-hydrogen) atoms. The first-order chi connectivity index (χ1) is 7.72. The molecular formula is C10H18N2O4. The summed E-state index contributed by atoms with van der Waals surface area (Å²) >= 11 is 0. The summed E-state index contributed by atoms with van der Waals surface area (Å²) < 4.78 is 5.21. The van der Waals surface area contributed by atoms with E-state index in [4.69, 9.17) is 9.84 Å². The van der Waals surface area contributed by atoms with Gasteiger partial charge < -0.3 is 25.2 Å². The lowest BCUT2D eigenvalue weighted by molar-refractivity contribution is -0.143. The summed E-state index contributed by atoms with van der Waals surface area (Å²) in [7, 11) is 0. The lowest BCUT2D eigenvalue weighted by atomic mass is 10.1. The van der Waals surface area contributed by atoms with Gasteiger partial charge in [0.2, 0.25) is 5.91 Å². The Kier molecular flexibility index (Phi) is 3.75. The molecule has 6 heteroatoms. The normalized spacial score (nSPS) is 35.4. The van der Waals surface area contributed by atoms with Crippen molar-refractivity contribution in [3.63, 3.8) is 0 Å². The number of carbonyl (C=O) groups excluding carboxylic acids is 1. The molecule has 2 saturated heterocycles. The van der Waals surface area contributed by atoms with E-state index in [1.807, 2.05) is 0 Å². The van der Waals surface area contributed by atoms with Crippen molar-refractivity contribution in [2.45, 2.75) is 24.6 Å². The summed E-state index contributed by atoms with van der Waals surface area (Å²) in [5.41, 5.74) is 0. The predicted octanol–water partition coefficient (Wildman–Crippen LogP) is -2.07. The molecule has 3 atom stereocenters. The van der Waals surface area contributed by atoms with Gasteiger partial charge in [-0.1, -0.05) is 0 Å². The van der Waals surface area contributed by atoms with Gasteiger partial charge in [-0.3, -0.25) is 4.79 Å². The Morgan fingerprint density at radius 2 is 2.38 bits per heavy atom. The number of ether oxygens (including phenoxy) is 1. The lowest BCUT2D eigenvalue weighted by Gasteiger charge is -2.36. The zero-order valence-electron chi connectivity index (χ0n) is 9.13. The second-order valence-corrected chi connectivity index (χ2v) is 4.29. The molecule has 0 radical (unpaired) electrons. The number of nitrogens with zero attached hydrogens (tertiary/aromatic N) is 1. The van der Waals surface area contributed by atoms with Crippen molar-refractivity contribution in [3.05, 3.63) is 0 Å². The largest absolute Gasteiger partial charge is 0.394 e. The van der Waals surface area contributed by atoms with Crippen LogP contribution in [0.4, 0.5) is 0 Å². The molecule has 2 fully saturated rings. The van der Waals surface area contributed by atoms with Gasteiger partial charge in [-0.25, -0.2) is 0 Å². The number of nitrogens with one attached hydrogen (secondary N) is 1.